The van der Waals surface area contributed by atoms with Crippen molar-refractivity contribution < 1.29 is 23.2 Å². The Morgan fingerprint density at radius 1 is 1.07 bits per heavy atom. The number of allylic oxidation sites excluding steroid dienone is 1. The van der Waals surface area contributed by atoms with Crippen LogP contribution in [0.15, 0.2) is 85.5 Å². The fraction of sp³-hybridized carbons (Fsp3) is 0.333. The fourth-order valence-electron chi connectivity index (χ4n) is 4.87. The molecule has 1 aliphatic rings. The summed E-state index contributed by atoms with van der Waals surface area (Å²) >= 11 is 0. The number of aromatic nitrogens is 4. The van der Waals surface area contributed by atoms with Crippen LogP contribution < -0.4 is 16.3 Å². The third-order valence-corrected chi connectivity index (χ3v) is 7.73. The number of nitrogen functional groups attached to an aromatic ring is 1. The first-order chi connectivity index (χ1) is 20.5. The summed E-state index contributed by atoms with van der Waals surface area (Å²) in [6.45, 7) is 5.62. The lowest BCUT2D eigenvalue weighted by atomic mass is 10.1. The van der Waals surface area contributed by atoms with Crippen LogP contribution in [-0.2, 0) is 29.7 Å². The van der Waals surface area contributed by atoms with Crippen LogP contribution in [0.3, 0.4) is 0 Å². The molecule has 0 bridgehead atoms. The van der Waals surface area contributed by atoms with Gasteiger partial charge in [-0.3, -0.25) is 9.36 Å². The van der Waals surface area contributed by atoms with Crippen LogP contribution in [-0.4, -0.2) is 43.7 Å². The quantitative estimate of drug-likeness (QED) is 0.134. The van der Waals surface area contributed by atoms with E-state index < -0.39 is 25.4 Å². The number of anilines is 2. The summed E-state index contributed by atoms with van der Waals surface area (Å²) in [5.74, 6) is -0.659. The van der Waals surface area contributed by atoms with Gasteiger partial charge in [0.2, 0.25) is 0 Å². The fourth-order valence-corrected chi connectivity index (χ4v) is 5.70. The molecule has 4 atom stereocenters. The van der Waals surface area contributed by atoms with Gasteiger partial charge >= 0.3 is 13.7 Å². The molecule has 13 heteroatoms. The Kier molecular flexibility index (Phi) is 8.93. The Balaban J connectivity index is 1.28. The van der Waals surface area contributed by atoms with Crippen molar-refractivity contribution in [3.05, 3.63) is 91.0 Å². The summed E-state index contributed by atoms with van der Waals surface area (Å²) in [4.78, 5) is 32.5. The zero-order chi connectivity index (χ0) is 30.6. The monoisotopic (exact) mass is 605 g/mol. The molecule has 43 heavy (non-hydrogen) atoms. The molecular weight excluding hydrogens is 569 g/mol. The molecule has 4 aromatic rings. The highest BCUT2D eigenvalue weighted by molar-refractivity contribution is 7.51. The van der Waals surface area contributed by atoms with Gasteiger partial charge in [-0.15, -0.1) is 0 Å². The number of para-hydroxylation sites is 1. The lowest BCUT2D eigenvalue weighted by Gasteiger charge is -2.36. The minimum Gasteiger partial charge on any atom is -0.382 e. The average molecular weight is 606 g/mol. The maximum absolute atomic E-state index is 13.7. The Morgan fingerprint density at radius 2 is 1.77 bits per heavy atom. The van der Waals surface area contributed by atoms with E-state index in [0.29, 0.717) is 29.1 Å². The number of nitrogens with two attached hydrogens (primary N) is 2. The van der Waals surface area contributed by atoms with E-state index in [-0.39, 0.29) is 25.0 Å². The molecule has 2 heterocycles. The lowest BCUT2D eigenvalue weighted by molar-refractivity contribution is -0.141. The minimum atomic E-state index is -4.29. The molecule has 0 saturated heterocycles. The van der Waals surface area contributed by atoms with E-state index in [1.807, 2.05) is 98.2 Å². The highest BCUT2D eigenvalue weighted by atomic mass is 31.2. The first kappa shape index (κ1) is 30.4. The summed E-state index contributed by atoms with van der Waals surface area (Å²) < 4.78 is 26.1. The minimum absolute atomic E-state index is 0.0119. The molecule has 0 fully saturated rings. The number of carbonyl (C=O) groups is 1. The van der Waals surface area contributed by atoms with Crippen LogP contribution in [0.2, 0.25) is 0 Å². The van der Waals surface area contributed by atoms with Gasteiger partial charge in [-0.2, -0.15) is 0 Å². The van der Waals surface area contributed by atoms with Gasteiger partial charge in [-0.1, -0.05) is 60.7 Å². The van der Waals surface area contributed by atoms with Crippen LogP contribution in [0.4, 0.5) is 11.5 Å². The van der Waals surface area contributed by atoms with Crippen LogP contribution in [0.25, 0.3) is 11.2 Å². The van der Waals surface area contributed by atoms with E-state index in [0.717, 1.165) is 5.56 Å². The third kappa shape index (κ3) is 7.66. The van der Waals surface area contributed by atoms with Crippen molar-refractivity contribution in [3.8, 4) is 0 Å². The van der Waals surface area contributed by atoms with Crippen LogP contribution in [0.1, 0.15) is 38.8 Å². The van der Waals surface area contributed by atoms with Gasteiger partial charge in [-0.25, -0.2) is 34.9 Å². The molecule has 0 spiro atoms. The molecule has 5 rings (SSSR count). The molecule has 0 amide bonds. The Labute approximate surface area is 250 Å². The molecule has 1 aliphatic carbocycles. The van der Waals surface area contributed by atoms with Crippen LogP contribution in [0.5, 0.6) is 0 Å². The number of imidazole rings is 1. The summed E-state index contributed by atoms with van der Waals surface area (Å²) in [7, 11) is -4.29. The molecular formula is C30H36N7O5P. The van der Waals surface area contributed by atoms with Crippen molar-refractivity contribution in [2.75, 3.05) is 17.4 Å². The van der Waals surface area contributed by atoms with E-state index in [1.54, 1.807) is 6.33 Å². The van der Waals surface area contributed by atoms with Gasteiger partial charge in [0.05, 0.1) is 30.3 Å². The highest BCUT2D eigenvalue weighted by Gasteiger charge is 2.37. The predicted molar refractivity (Wildman–Crippen MR) is 164 cm³/mol. The Hall–Kier alpha value is -4.09. The third-order valence-electron chi connectivity index (χ3n) is 6.79. The average Bonchev–Trinajstić information content (AvgIpc) is 3.62. The number of fused-ring (bicyclic) bond motifs is 1. The summed E-state index contributed by atoms with van der Waals surface area (Å²) in [5, 5.41) is 1.49. The second-order valence-electron chi connectivity index (χ2n) is 11.3. The topological polar surface area (TPSA) is 161 Å². The lowest BCUT2D eigenvalue weighted by Crippen LogP contribution is -2.47. The SMILES string of the molecule is CC(C)(C)ON(c1ccccc1)[C@@H](Cc1ccccc1)C(=O)OP(N)(=O)OC[C@H]1C=C[C@@H](n2cnc3c(N)ncnc32)C1. The molecule has 0 radical (unpaired) electrons. The van der Waals surface area contributed by atoms with Crippen molar-refractivity contribution in [1.29, 1.82) is 0 Å². The Bertz CT molecular complexity index is 1620. The molecule has 2 aromatic carbocycles. The molecule has 226 valence electrons. The van der Waals surface area contributed by atoms with E-state index in [1.165, 1.54) is 11.4 Å². The van der Waals surface area contributed by atoms with Crippen LogP contribution in [0, 0.1) is 5.92 Å². The predicted octanol–water partition coefficient (Wildman–Crippen LogP) is 5.00. The summed E-state index contributed by atoms with van der Waals surface area (Å²) in [5.41, 5.74) is 13.9. The highest BCUT2D eigenvalue weighted by Crippen LogP contribution is 2.42. The van der Waals surface area contributed by atoms with Gasteiger partial charge in [0, 0.05) is 12.3 Å². The molecule has 1 unspecified atom stereocenters. The van der Waals surface area contributed by atoms with Crippen molar-refractivity contribution in [3.63, 3.8) is 0 Å². The normalized spacial score (nSPS) is 18.8. The van der Waals surface area contributed by atoms with Crippen molar-refractivity contribution in [2.45, 2.75) is 51.3 Å². The molecule has 4 N–H and O–H groups in total. The van der Waals surface area contributed by atoms with Gasteiger partial charge < -0.3 is 14.8 Å². The van der Waals surface area contributed by atoms with Gasteiger partial charge in [0.25, 0.3) is 0 Å². The summed E-state index contributed by atoms with van der Waals surface area (Å²) in [6, 6.07) is 17.5. The van der Waals surface area contributed by atoms with Gasteiger partial charge in [0.15, 0.2) is 17.5 Å². The second-order valence-corrected chi connectivity index (χ2v) is 12.9. The van der Waals surface area contributed by atoms with E-state index in [2.05, 4.69) is 15.0 Å². The molecule has 0 aliphatic heterocycles. The van der Waals surface area contributed by atoms with Crippen molar-refractivity contribution in [1.82, 2.24) is 19.5 Å². The standard InChI is InChI=1S/C30H36N7O5P/c1-30(2,3)42-37(23-12-8-5-9-13-23)25(17-21-10-6-4-7-11-21)29(38)41-43(32,39)40-18-22-14-15-24(16-22)36-20-35-26-27(31)33-19-34-28(26)36/h4-15,19-20,22,24-25H,16-18H2,1-3H3,(H2,32,39)(H2,31,33,34)/t22-,24+,25-,43?/m0/s1. The van der Waals surface area contributed by atoms with Gasteiger partial charge in [-0.05, 0) is 44.9 Å². The maximum atomic E-state index is 13.7. The zero-order valence-electron chi connectivity index (χ0n) is 24.3. The maximum Gasteiger partial charge on any atom is 0.458 e. The summed E-state index contributed by atoms with van der Waals surface area (Å²) in [6.07, 6.45) is 7.80. The second kappa shape index (κ2) is 12.6. The smallest absolute Gasteiger partial charge is 0.382 e. The number of carbonyl (C=O) groups excluding carboxylic acids is 1. The molecule has 0 saturated carbocycles. The van der Waals surface area contributed by atoms with Crippen molar-refractivity contribution in [2.24, 2.45) is 11.4 Å². The van der Waals surface area contributed by atoms with Gasteiger partial charge in [0.1, 0.15) is 11.8 Å². The number of hydrogen-bond donors (Lipinski definition) is 2. The Morgan fingerprint density at radius 3 is 2.47 bits per heavy atom. The van der Waals surface area contributed by atoms with E-state index in [4.69, 9.17) is 25.1 Å². The zero-order valence-corrected chi connectivity index (χ0v) is 25.2. The largest absolute Gasteiger partial charge is 0.458 e. The molecule has 12 nitrogen and oxygen atoms in total. The number of rotatable bonds is 11. The van der Waals surface area contributed by atoms with Crippen LogP contribution >= 0.6 is 7.75 Å². The number of hydrogen-bond acceptors (Lipinski definition) is 10. The van der Waals surface area contributed by atoms with E-state index in [9.17, 15) is 9.36 Å². The number of nitrogens with zero attached hydrogens (tertiary/aromatic N) is 5. The first-order valence-electron chi connectivity index (χ1n) is 13.9. The number of benzene rings is 2. The number of hydroxylamine groups is 1. The van der Waals surface area contributed by atoms with Crippen molar-refractivity contribution >= 4 is 36.4 Å². The first-order valence-corrected chi connectivity index (χ1v) is 15.6. The van der Waals surface area contributed by atoms with E-state index >= 15 is 0 Å². The molecule has 2 aromatic heterocycles.